The fourth-order valence-corrected chi connectivity index (χ4v) is 5.52. The minimum atomic E-state index is -1.13. The maximum absolute atomic E-state index is 13.8. The molecule has 1 atom stereocenters. The maximum atomic E-state index is 13.8. The summed E-state index contributed by atoms with van der Waals surface area (Å²) in [5.41, 5.74) is -0.419. The van der Waals surface area contributed by atoms with Crippen LogP contribution >= 0.6 is 11.3 Å². The number of amides is 4. The van der Waals surface area contributed by atoms with Crippen LogP contribution in [0.25, 0.3) is 0 Å². The summed E-state index contributed by atoms with van der Waals surface area (Å²) < 4.78 is 0. The van der Waals surface area contributed by atoms with E-state index in [1.54, 1.807) is 29.8 Å². The highest BCUT2D eigenvalue weighted by atomic mass is 32.1. The van der Waals surface area contributed by atoms with Crippen LogP contribution < -0.4 is 5.32 Å². The normalized spacial score (nSPS) is 22.0. The van der Waals surface area contributed by atoms with Crippen molar-refractivity contribution in [2.24, 2.45) is 11.8 Å². The number of thiophene rings is 1. The molecule has 0 saturated carbocycles. The molecule has 2 aromatic heterocycles. The molecule has 2 saturated heterocycles. The Morgan fingerprint density at radius 1 is 1.25 bits per heavy atom. The lowest BCUT2D eigenvalue weighted by atomic mass is 9.73. The number of carbonyl (C=O) groups is 3. The Kier molecular flexibility index (Phi) is 6.60. The first-order valence-corrected chi connectivity index (χ1v) is 12.1. The lowest BCUT2D eigenvalue weighted by molar-refractivity contribution is -0.136. The average Bonchev–Trinajstić information content (AvgIpc) is 3.39. The van der Waals surface area contributed by atoms with E-state index in [0.717, 1.165) is 4.88 Å². The van der Waals surface area contributed by atoms with Gasteiger partial charge in [0.1, 0.15) is 0 Å². The Hall–Kier alpha value is -2.74. The molecule has 0 aromatic carbocycles. The molecule has 32 heavy (non-hydrogen) atoms. The summed E-state index contributed by atoms with van der Waals surface area (Å²) in [6.45, 7) is 5.62. The van der Waals surface area contributed by atoms with Crippen molar-refractivity contribution < 1.29 is 14.4 Å². The van der Waals surface area contributed by atoms with E-state index in [1.807, 2.05) is 42.3 Å². The van der Waals surface area contributed by atoms with Crippen molar-refractivity contribution in [3.8, 4) is 0 Å². The fraction of sp³-hybridized carbons (Fsp3) is 0.500. The Labute approximate surface area is 192 Å². The zero-order valence-corrected chi connectivity index (χ0v) is 19.4. The average molecular weight is 455 g/mol. The largest absolute Gasteiger partial charge is 0.343 e. The number of hydrogen-bond donors (Lipinski definition) is 1. The maximum Gasteiger partial charge on any atom is 0.325 e. The zero-order chi connectivity index (χ0) is 22.7. The van der Waals surface area contributed by atoms with Gasteiger partial charge in [-0.05, 0) is 48.6 Å². The highest BCUT2D eigenvalue weighted by Crippen LogP contribution is 2.41. The van der Waals surface area contributed by atoms with Crippen LogP contribution in [-0.4, -0.2) is 52.3 Å². The van der Waals surface area contributed by atoms with Gasteiger partial charge in [-0.3, -0.25) is 19.5 Å². The SMILES string of the molecule is CC(C)CC(=O)N1CCC(C2(c3cccnc3)NC(=O)N(CCc3cccs3)C2=O)CC1. The summed E-state index contributed by atoms with van der Waals surface area (Å²) in [6.07, 6.45) is 5.83. The number of carbonyl (C=O) groups excluding carboxylic acids is 3. The number of nitrogens with zero attached hydrogens (tertiary/aromatic N) is 3. The second kappa shape index (κ2) is 9.40. The van der Waals surface area contributed by atoms with Crippen molar-refractivity contribution in [3.63, 3.8) is 0 Å². The standard InChI is InChI=1S/C24H30N4O3S/c1-17(2)15-21(29)27-11-7-18(8-12-27)24(19-5-3-10-25-16-19)22(30)28(23(31)26-24)13-9-20-6-4-14-32-20/h3-6,10,14,16-18H,7-9,11-13,15H2,1-2H3,(H,26,31). The first-order chi connectivity index (χ1) is 15.4. The number of likely N-dealkylation sites (tertiary alicyclic amines) is 1. The van der Waals surface area contributed by atoms with Gasteiger partial charge in [0, 0.05) is 48.9 Å². The van der Waals surface area contributed by atoms with Gasteiger partial charge in [0.25, 0.3) is 5.91 Å². The summed E-state index contributed by atoms with van der Waals surface area (Å²) in [5, 5.41) is 5.05. The van der Waals surface area contributed by atoms with Crippen LogP contribution in [0.2, 0.25) is 0 Å². The van der Waals surface area contributed by atoms with Gasteiger partial charge in [-0.1, -0.05) is 26.0 Å². The van der Waals surface area contributed by atoms with Crippen LogP contribution in [0, 0.1) is 11.8 Å². The lowest BCUT2D eigenvalue weighted by Crippen LogP contribution is -2.54. The summed E-state index contributed by atoms with van der Waals surface area (Å²) in [4.78, 5) is 47.9. The van der Waals surface area contributed by atoms with Crippen LogP contribution in [0.4, 0.5) is 4.79 Å². The molecule has 0 bridgehead atoms. The molecule has 2 aliphatic heterocycles. The van der Waals surface area contributed by atoms with Gasteiger partial charge in [-0.25, -0.2) is 4.79 Å². The topological polar surface area (TPSA) is 82.6 Å². The third-order valence-electron chi connectivity index (χ3n) is 6.45. The van der Waals surface area contributed by atoms with Crippen LogP contribution in [0.1, 0.15) is 43.6 Å². The molecule has 8 heteroatoms. The Morgan fingerprint density at radius 2 is 2.03 bits per heavy atom. The molecule has 1 N–H and O–H groups in total. The Bertz CT molecular complexity index is 955. The number of aromatic nitrogens is 1. The van der Waals surface area contributed by atoms with Gasteiger partial charge in [-0.15, -0.1) is 11.3 Å². The van der Waals surface area contributed by atoms with Gasteiger partial charge in [0.2, 0.25) is 5.91 Å². The minimum Gasteiger partial charge on any atom is -0.343 e. The second-order valence-corrected chi connectivity index (χ2v) is 10.1. The molecule has 4 rings (SSSR count). The molecular weight excluding hydrogens is 424 g/mol. The molecule has 2 aliphatic rings. The van der Waals surface area contributed by atoms with Crippen molar-refractivity contribution in [2.45, 2.75) is 45.1 Å². The van der Waals surface area contributed by atoms with Crippen molar-refractivity contribution in [1.82, 2.24) is 20.1 Å². The third-order valence-corrected chi connectivity index (χ3v) is 7.39. The summed E-state index contributed by atoms with van der Waals surface area (Å²) in [5.74, 6) is 0.166. The summed E-state index contributed by atoms with van der Waals surface area (Å²) in [6, 6.07) is 7.30. The Balaban J connectivity index is 1.56. The van der Waals surface area contributed by atoms with E-state index in [-0.39, 0.29) is 23.8 Å². The monoisotopic (exact) mass is 454 g/mol. The van der Waals surface area contributed by atoms with E-state index in [4.69, 9.17) is 0 Å². The molecule has 0 radical (unpaired) electrons. The predicted octanol–water partition coefficient (Wildman–Crippen LogP) is 3.42. The van der Waals surface area contributed by atoms with Gasteiger partial charge in [-0.2, -0.15) is 0 Å². The van der Waals surface area contributed by atoms with Crippen molar-refractivity contribution >= 4 is 29.2 Å². The number of piperidine rings is 1. The molecule has 4 amide bonds. The van der Waals surface area contributed by atoms with E-state index in [9.17, 15) is 14.4 Å². The van der Waals surface area contributed by atoms with Crippen LogP contribution in [0.15, 0.2) is 42.0 Å². The van der Waals surface area contributed by atoms with Gasteiger partial charge >= 0.3 is 6.03 Å². The van der Waals surface area contributed by atoms with E-state index in [0.29, 0.717) is 56.8 Å². The molecular formula is C24H30N4O3S. The third kappa shape index (κ3) is 4.28. The van der Waals surface area contributed by atoms with E-state index >= 15 is 0 Å². The van der Waals surface area contributed by atoms with Crippen molar-refractivity contribution in [2.75, 3.05) is 19.6 Å². The van der Waals surface area contributed by atoms with Crippen LogP contribution in [-0.2, 0) is 21.5 Å². The smallest absolute Gasteiger partial charge is 0.325 e. The van der Waals surface area contributed by atoms with Gasteiger partial charge in [0.15, 0.2) is 5.54 Å². The zero-order valence-electron chi connectivity index (χ0n) is 18.6. The Morgan fingerprint density at radius 3 is 2.66 bits per heavy atom. The summed E-state index contributed by atoms with van der Waals surface area (Å²) >= 11 is 1.62. The molecule has 1 unspecified atom stereocenters. The fourth-order valence-electron chi connectivity index (χ4n) is 4.82. The van der Waals surface area contributed by atoms with Gasteiger partial charge < -0.3 is 10.2 Å². The highest BCUT2D eigenvalue weighted by Gasteiger charge is 2.57. The van der Waals surface area contributed by atoms with E-state index in [2.05, 4.69) is 10.3 Å². The molecule has 0 spiro atoms. The van der Waals surface area contributed by atoms with Crippen LogP contribution in [0.5, 0.6) is 0 Å². The number of imide groups is 1. The molecule has 0 aliphatic carbocycles. The van der Waals surface area contributed by atoms with E-state index < -0.39 is 5.54 Å². The number of urea groups is 1. The number of pyridine rings is 1. The molecule has 2 aromatic rings. The summed E-state index contributed by atoms with van der Waals surface area (Å²) in [7, 11) is 0. The number of rotatable bonds is 7. The van der Waals surface area contributed by atoms with Crippen molar-refractivity contribution in [1.29, 1.82) is 0 Å². The number of hydrogen-bond acceptors (Lipinski definition) is 5. The highest BCUT2D eigenvalue weighted by molar-refractivity contribution is 7.09. The molecule has 4 heterocycles. The van der Waals surface area contributed by atoms with E-state index in [1.165, 1.54) is 4.90 Å². The predicted molar refractivity (Wildman–Crippen MR) is 123 cm³/mol. The molecule has 170 valence electrons. The van der Waals surface area contributed by atoms with Crippen molar-refractivity contribution in [3.05, 3.63) is 52.5 Å². The second-order valence-electron chi connectivity index (χ2n) is 9.02. The quantitative estimate of drug-likeness (QED) is 0.650. The lowest BCUT2D eigenvalue weighted by Gasteiger charge is -2.41. The molecule has 7 nitrogen and oxygen atoms in total. The van der Waals surface area contributed by atoms with Gasteiger partial charge in [0.05, 0.1) is 0 Å². The first kappa shape index (κ1) is 22.5. The number of nitrogens with one attached hydrogen (secondary N) is 1. The first-order valence-electron chi connectivity index (χ1n) is 11.3. The molecule has 2 fully saturated rings. The minimum absolute atomic E-state index is 0.0991. The van der Waals surface area contributed by atoms with Crippen LogP contribution in [0.3, 0.4) is 0 Å².